The molecule has 0 aromatic carbocycles. The van der Waals surface area contributed by atoms with E-state index in [2.05, 4.69) is 5.32 Å². The van der Waals surface area contributed by atoms with E-state index >= 15 is 0 Å². The van der Waals surface area contributed by atoms with E-state index in [-0.39, 0.29) is 17.8 Å². The average Bonchev–Trinajstić information content (AvgIpc) is 3.10. The molecule has 1 aliphatic heterocycles. The van der Waals surface area contributed by atoms with Gasteiger partial charge in [0.25, 0.3) is 0 Å². The SMILES string of the molecule is NC(=O)CN(C1CCCNC1)S(=O)(=O)C1CC1. The van der Waals surface area contributed by atoms with Gasteiger partial charge in [0.05, 0.1) is 11.8 Å². The molecule has 2 fully saturated rings. The summed E-state index contributed by atoms with van der Waals surface area (Å²) in [5.41, 5.74) is 5.15. The van der Waals surface area contributed by atoms with Crippen LogP contribution in [-0.2, 0) is 14.8 Å². The third-order valence-electron chi connectivity index (χ3n) is 3.26. The van der Waals surface area contributed by atoms with Gasteiger partial charge in [0.1, 0.15) is 0 Å². The molecule has 1 aliphatic carbocycles. The molecular weight excluding hydrogens is 242 g/mol. The predicted molar refractivity (Wildman–Crippen MR) is 63.7 cm³/mol. The number of nitrogens with zero attached hydrogens (tertiary/aromatic N) is 1. The number of rotatable bonds is 5. The van der Waals surface area contributed by atoms with Crippen molar-refractivity contribution in [1.29, 1.82) is 0 Å². The van der Waals surface area contributed by atoms with Gasteiger partial charge in [-0.3, -0.25) is 4.79 Å². The summed E-state index contributed by atoms with van der Waals surface area (Å²) < 4.78 is 25.8. The van der Waals surface area contributed by atoms with Crippen LogP contribution in [0.1, 0.15) is 25.7 Å². The van der Waals surface area contributed by atoms with Crippen molar-refractivity contribution in [2.75, 3.05) is 19.6 Å². The average molecular weight is 261 g/mol. The van der Waals surface area contributed by atoms with Crippen LogP contribution >= 0.6 is 0 Å². The molecule has 0 spiro atoms. The Morgan fingerprint density at radius 3 is 2.53 bits per heavy atom. The molecule has 1 heterocycles. The highest BCUT2D eigenvalue weighted by molar-refractivity contribution is 7.90. The van der Waals surface area contributed by atoms with Gasteiger partial charge < -0.3 is 11.1 Å². The van der Waals surface area contributed by atoms with Crippen molar-refractivity contribution in [3.05, 3.63) is 0 Å². The molecule has 6 nitrogen and oxygen atoms in total. The maximum Gasteiger partial charge on any atom is 0.232 e. The molecule has 0 radical (unpaired) electrons. The van der Waals surface area contributed by atoms with Crippen LogP contribution in [0.25, 0.3) is 0 Å². The Kier molecular flexibility index (Phi) is 3.70. The molecule has 0 aromatic rings. The fraction of sp³-hybridized carbons (Fsp3) is 0.900. The Hall–Kier alpha value is -0.660. The van der Waals surface area contributed by atoms with E-state index in [1.165, 1.54) is 4.31 Å². The molecule has 2 aliphatic rings. The predicted octanol–water partition coefficient (Wildman–Crippen LogP) is -0.982. The third kappa shape index (κ3) is 2.97. The largest absolute Gasteiger partial charge is 0.369 e. The normalized spacial score (nSPS) is 26.1. The number of hydrogen-bond donors (Lipinski definition) is 2. The van der Waals surface area contributed by atoms with Gasteiger partial charge in [-0.2, -0.15) is 4.31 Å². The van der Waals surface area contributed by atoms with E-state index < -0.39 is 15.9 Å². The van der Waals surface area contributed by atoms with Crippen molar-refractivity contribution in [1.82, 2.24) is 9.62 Å². The topological polar surface area (TPSA) is 92.5 Å². The van der Waals surface area contributed by atoms with Crippen LogP contribution < -0.4 is 11.1 Å². The van der Waals surface area contributed by atoms with Crippen LogP contribution in [0.4, 0.5) is 0 Å². The summed E-state index contributed by atoms with van der Waals surface area (Å²) >= 11 is 0. The van der Waals surface area contributed by atoms with Crippen LogP contribution in [0.15, 0.2) is 0 Å². The zero-order valence-electron chi connectivity index (χ0n) is 9.76. The van der Waals surface area contributed by atoms with Crippen molar-refractivity contribution >= 4 is 15.9 Å². The Morgan fingerprint density at radius 2 is 2.06 bits per heavy atom. The molecule has 0 aromatic heterocycles. The molecule has 1 saturated heterocycles. The molecule has 17 heavy (non-hydrogen) atoms. The van der Waals surface area contributed by atoms with Crippen LogP contribution in [0.5, 0.6) is 0 Å². The van der Waals surface area contributed by atoms with Gasteiger partial charge in [-0.15, -0.1) is 0 Å². The lowest BCUT2D eigenvalue weighted by Gasteiger charge is -2.33. The van der Waals surface area contributed by atoms with E-state index in [0.29, 0.717) is 19.4 Å². The van der Waals surface area contributed by atoms with Crippen LogP contribution in [0, 0.1) is 0 Å². The maximum absolute atomic E-state index is 12.2. The van der Waals surface area contributed by atoms with Crippen molar-refractivity contribution in [3.63, 3.8) is 0 Å². The molecule has 98 valence electrons. The first-order chi connectivity index (χ1) is 8.01. The standard InChI is InChI=1S/C10H19N3O3S/c11-10(14)7-13(8-2-1-5-12-6-8)17(15,16)9-3-4-9/h8-9,12H,1-7H2,(H2,11,14). The molecule has 1 amide bonds. The minimum atomic E-state index is -3.33. The number of amides is 1. The second kappa shape index (κ2) is 4.91. The van der Waals surface area contributed by atoms with Gasteiger partial charge in [0.15, 0.2) is 0 Å². The summed E-state index contributed by atoms with van der Waals surface area (Å²) in [6, 6.07) is -0.123. The van der Waals surface area contributed by atoms with E-state index in [1.807, 2.05) is 0 Å². The summed E-state index contributed by atoms with van der Waals surface area (Å²) in [5.74, 6) is -0.584. The van der Waals surface area contributed by atoms with E-state index in [0.717, 1.165) is 19.4 Å². The van der Waals surface area contributed by atoms with Crippen LogP contribution in [-0.4, -0.2) is 49.6 Å². The summed E-state index contributed by atoms with van der Waals surface area (Å²) in [6.45, 7) is 1.33. The summed E-state index contributed by atoms with van der Waals surface area (Å²) in [4.78, 5) is 11.0. The Bertz CT molecular complexity index is 386. The molecular formula is C10H19N3O3S. The van der Waals surface area contributed by atoms with Crippen molar-refractivity contribution in [3.8, 4) is 0 Å². The Morgan fingerprint density at radius 1 is 1.35 bits per heavy atom. The summed E-state index contributed by atoms with van der Waals surface area (Å²) in [5, 5.41) is 2.87. The van der Waals surface area contributed by atoms with Gasteiger partial charge in [-0.05, 0) is 32.2 Å². The van der Waals surface area contributed by atoms with Gasteiger partial charge in [0, 0.05) is 12.6 Å². The zero-order valence-corrected chi connectivity index (χ0v) is 10.6. The number of nitrogens with one attached hydrogen (secondary N) is 1. The monoisotopic (exact) mass is 261 g/mol. The Labute approximate surface area is 102 Å². The van der Waals surface area contributed by atoms with E-state index in [9.17, 15) is 13.2 Å². The van der Waals surface area contributed by atoms with Crippen molar-refractivity contribution in [2.45, 2.75) is 37.0 Å². The van der Waals surface area contributed by atoms with E-state index in [1.54, 1.807) is 0 Å². The molecule has 3 N–H and O–H groups in total. The summed E-state index contributed by atoms with van der Waals surface area (Å²) in [6.07, 6.45) is 3.14. The molecule has 0 bridgehead atoms. The van der Waals surface area contributed by atoms with Crippen LogP contribution in [0.2, 0.25) is 0 Å². The number of piperidine rings is 1. The zero-order chi connectivity index (χ0) is 12.5. The number of primary amides is 1. The van der Waals surface area contributed by atoms with Gasteiger partial charge in [-0.25, -0.2) is 8.42 Å². The molecule has 1 atom stereocenters. The first-order valence-corrected chi connectivity index (χ1v) is 7.52. The summed E-state index contributed by atoms with van der Waals surface area (Å²) in [7, 11) is -3.33. The number of sulfonamides is 1. The minimum Gasteiger partial charge on any atom is -0.369 e. The smallest absolute Gasteiger partial charge is 0.232 e. The molecule has 1 saturated carbocycles. The number of nitrogens with two attached hydrogens (primary N) is 1. The lowest BCUT2D eigenvalue weighted by molar-refractivity contribution is -0.118. The highest BCUT2D eigenvalue weighted by atomic mass is 32.2. The van der Waals surface area contributed by atoms with E-state index in [4.69, 9.17) is 5.73 Å². The van der Waals surface area contributed by atoms with Gasteiger partial charge in [0.2, 0.25) is 15.9 Å². The minimum absolute atomic E-state index is 0.123. The number of carbonyl (C=O) groups is 1. The highest BCUT2D eigenvalue weighted by Crippen LogP contribution is 2.32. The van der Waals surface area contributed by atoms with Crippen molar-refractivity contribution < 1.29 is 13.2 Å². The second-order valence-corrected chi connectivity index (χ2v) is 6.92. The highest BCUT2D eigenvalue weighted by Gasteiger charge is 2.43. The number of hydrogen-bond acceptors (Lipinski definition) is 4. The molecule has 2 rings (SSSR count). The van der Waals surface area contributed by atoms with Crippen LogP contribution in [0.3, 0.4) is 0 Å². The lowest BCUT2D eigenvalue weighted by atomic mass is 10.1. The first kappa shape index (κ1) is 12.8. The van der Waals surface area contributed by atoms with Gasteiger partial charge >= 0.3 is 0 Å². The second-order valence-electron chi connectivity index (χ2n) is 4.76. The van der Waals surface area contributed by atoms with Gasteiger partial charge in [-0.1, -0.05) is 0 Å². The first-order valence-electron chi connectivity index (χ1n) is 6.01. The quantitative estimate of drug-likeness (QED) is 0.665. The lowest BCUT2D eigenvalue weighted by Crippen LogP contribution is -2.52. The van der Waals surface area contributed by atoms with Crippen molar-refractivity contribution in [2.24, 2.45) is 5.73 Å². The fourth-order valence-corrected chi connectivity index (χ4v) is 4.23. The molecule has 1 unspecified atom stereocenters. The Balaban J connectivity index is 2.14. The number of carbonyl (C=O) groups excluding carboxylic acids is 1. The fourth-order valence-electron chi connectivity index (χ4n) is 2.22. The maximum atomic E-state index is 12.2. The molecule has 7 heteroatoms. The third-order valence-corrected chi connectivity index (χ3v) is 5.66.